The standard InChI is InChI=1S/C20H22F2N2O6S/c1-3-28-20(26)24(31-23-13-19(25)27-2)8-9-29-16-4-6-17(7-5-16)30-18-11-14(21)10-15(22)12-18/h4-7,10-12,23H,3,8-9,13H2,1-2H3. The van der Waals surface area contributed by atoms with Crippen LogP contribution < -0.4 is 14.2 Å². The maximum atomic E-state index is 13.2. The van der Waals surface area contributed by atoms with E-state index in [4.69, 9.17) is 14.2 Å². The summed E-state index contributed by atoms with van der Waals surface area (Å²) >= 11 is 0.901. The molecule has 2 aromatic carbocycles. The first-order valence-corrected chi connectivity index (χ1v) is 9.96. The van der Waals surface area contributed by atoms with Crippen LogP contribution in [0.1, 0.15) is 6.92 Å². The minimum Gasteiger partial charge on any atom is -0.492 e. The second-order valence-corrected chi connectivity index (χ2v) is 6.73. The first-order chi connectivity index (χ1) is 14.9. The van der Waals surface area contributed by atoms with Crippen molar-refractivity contribution in [3.63, 3.8) is 0 Å². The van der Waals surface area contributed by atoms with Gasteiger partial charge >= 0.3 is 12.1 Å². The Balaban J connectivity index is 1.85. The number of esters is 1. The van der Waals surface area contributed by atoms with Crippen LogP contribution in [0.4, 0.5) is 13.6 Å². The SMILES string of the molecule is CCOC(=O)N(CCOc1ccc(Oc2cc(F)cc(F)c2)cc1)SNCC(=O)OC. The highest BCUT2D eigenvalue weighted by atomic mass is 32.2. The quantitative estimate of drug-likeness (QED) is 0.402. The van der Waals surface area contributed by atoms with E-state index in [-0.39, 0.29) is 32.1 Å². The third kappa shape index (κ3) is 8.69. The summed E-state index contributed by atoms with van der Waals surface area (Å²) in [5.74, 6) is -1.05. The smallest absolute Gasteiger partial charge is 0.420 e. The molecule has 0 radical (unpaired) electrons. The van der Waals surface area contributed by atoms with Crippen LogP contribution in [0.2, 0.25) is 0 Å². The highest BCUT2D eigenvalue weighted by Gasteiger charge is 2.16. The lowest BCUT2D eigenvalue weighted by molar-refractivity contribution is -0.139. The molecule has 2 aromatic rings. The number of methoxy groups -OCH3 is 1. The molecule has 2 rings (SSSR count). The van der Waals surface area contributed by atoms with Crippen LogP contribution in [0.25, 0.3) is 0 Å². The van der Waals surface area contributed by atoms with Gasteiger partial charge < -0.3 is 18.9 Å². The third-order valence-corrected chi connectivity index (χ3v) is 4.37. The fraction of sp³-hybridized carbons (Fsp3) is 0.300. The van der Waals surface area contributed by atoms with E-state index in [0.29, 0.717) is 11.5 Å². The molecule has 0 heterocycles. The van der Waals surface area contributed by atoms with Gasteiger partial charge in [0.25, 0.3) is 0 Å². The van der Waals surface area contributed by atoms with E-state index in [0.717, 1.165) is 30.3 Å². The lowest BCUT2D eigenvalue weighted by Gasteiger charge is -2.20. The number of carbonyl (C=O) groups excluding carboxylic acids is 2. The molecule has 0 aromatic heterocycles. The van der Waals surface area contributed by atoms with Gasteiger partial charge in [-0.05, 0) is 31.2 Å². The van der Waals surface area contributed by atoms with Gasteiger partial charge in [-0.25, -0.2) is 22.6 Å². The summed E-state index contributed by atoms with van der Waals surface area (Å²) in [7, 11) is 1.26. The number of hydrogen-bond acceptors (Lipinski definition) is 8. The van der Waals surface area contributed by atoms with Crippen LogP contribution in [0, 0.1) is 11.6 Å². The molecule has 0 aliphatic rings. The summed E-state index contributed by atoms with van der Waals surface area (Å²) in [4.78, 5) is 23.2. The average molecular weight is 456 g/mol. The number of halogens is 2. The van der Waals surface area contributed by atoms with Gasteiger partial charge in [0.15, 0.2) is 0 Å². The highest BCUT2D eigenvalue weighted by Crippen LogP contribution is 2.25. The molecule has 1 amide bonds. The van der Waals surface area contributed by atoms with Gasteiger partial charge in [-0.2, -0.15) is 0 Å². The molecule has 0 bridgehead atoms. The Labute approximate surface area is 182 Å². The molecular weight excluding hydrogens is 434 g/mol. The minimum atomic E-state index is -0.736. The highest BCUT2D eigenvalue weighted by molar-refractivity contribution is 7.95. The molecule has 31 heavy (non-hydrogen) atoms. The van der Waals surface area contributed by atoms with Crippen molar-refractivity contribution in [2.24, 2.45) is 0 Å². The van der Waals surface area contributed by atoms with Crippen molar-refractivity contribution in [3.8, 4) is 17.2 Å². The summed E-state index contributed by atoms with van der Waals surface area (Å²) in [5.41, 5.74) is 0. The van der Waals surface area contributed by atoms with Crippen LogP contribution in [0.15, 0.2) is 42.5 Å². The zero-order valence-electron chi connectivity index (χ0n) is 16.9. The van der Waals surface area contributed by atoms with E-state index in [9.17, 15) is 18.4 Å². The van der Waals surface area contributed by atoms with E-state index < -0.39 is 23.7 Å². The molecule has 0 spiro atoms. The Kier molecular flexibility index (Phi) is 9.85. The van der Waals surface area contributed by atoms with Crippen LogP contribution in [0.3, 0.4) is 0 Å². The number of carbonyl (C=O) groups is 2. The molecule has 0 saturated carbocycles. The van der Waals surface area contributed by atoms with Gasteiger partial charge in [0.05, 0.1) is 20.3 Å². The predicted molar refractivity (Wildman–Crippen MR) is 110 cm³/mol. The molecule has 0 aliphatic carbocycles. The Morgan fingerprint density at radius 3 is 2.29 bits per heavy atom. The van der Waals surface area contributed by atoms with E-state index in [1.165, 1.54) is 11.4 Å². The maximum absolute atomic E-state index is 13.2. The normalized spacial score (nSPS) is 10.3. The van der Waals surface area contributed by atoms with Crippen LogP contribution in [-0.4, -0.2) is 49.8 Å². The first-order valence-electron chi connectivity index (χ1n) is 9.19. The molecule has 0 aliphatic heterocycles. The van der Waals surface area contributed by atoms with Gasteiger partial charge in [0.1, 0.15) is 42.0 Å². The second kappa shape index (κ2) is 12.6. The summed E-state index contributed by atoms with van der Waals surface area (Å²) in [6.45, 7) is 2.10. The summed E-state index contributed by atoms with van der Waals surface area (Å²) in [6.07, 6.45) is -0.584. The van der Waals surface area contributed by atoms with Gasteiger partial charge in [-0.1, -0.05) is 0 Å². The number of amides is 1. The van der Waals surface area contributed by atoms with Crippen molar-refractivity contribution in [2.45, 2.75) is 6.92 Å². The van der Waals surface area contributed by atoms with Crippen molar-refractivity contribution >= 4 is 24.2 Å². The van der Waals surface area contributed by atoms with Gasteiger partial charge in [-0.15, -0.1) is 0 Å². The molecule has 0 atom stereocenters. The zero-order valence-corrected chi connectivity index (χ0v) is 17.7. The van der Waals surface area contributed by atoms with Crippen LogP contribution in [-0.2, 0) is 14.3 Å². The van der Waals surface area contributed by atoms with Crippen LogP contribution in [0.5, 0.6) is 17.2 Å². The van der Waals surface area contributed by atoms with Gasteiger partial charge in [-0.3, -0.25) is 4.79 Å². The molecule has 168 valence electrons. The number of nitrogens with zero attached hydrogens (tertiary/aromatic N) is 1. The minimum absolute atomic E-state index is 0.0349. The zero-order chi connectivity index (χ0) is 22.6. The van der Waals surface area contributed by atoms with Crippen molar-refractivity contribution in [3.05, 3.63) is 54.1 Å². The summed E-state index contributed by atoms with van der Waals surface area (Å²) in [5, 5.41) is 0. The average Bonchev–Trinajstić information content (AvgIpc) is 2.73. The van der Waals surface area contributed by atoms with Crippen molar-refractivity contribution < 1.29 is 37.3 Å². The molecule has 1 N–H and O–H groups in total. The Bertz CT molecular complexity index is 849. The Hall–Kier alpha value is -3.05. The van der Waals surface area contributed by atoms with Gasteiger partial charge in [0.2, 0.25) is 0 Å². The molecule has 0 saturated heterocycles. The summed E-state index contributed by atoms with van der Waals surface area (Å²) in [6, 6.07) is 9.28. The third-order valence-electron chi connectivity index (χ3n) is 3.55. The number of benzene rings is 2. The molecule has 0 fully saturated rings. The lowest BCUT2D eigenvalue weighted by atomic mass is 10.3. The number of ether oxygens (including phenoxy) is 4. The van der Waals surface area contributed by atoms with Crippen LogP contribution >= 0.6 is 12.1 Å². The molecule has 8 nitrogen and oxygen atoms in total. The predicted octanol–water partition coefficient (Wildman–Crippen LogP) is 3.92. The molecule has 0 unspecified atom stereocenters. The largest absolute Gasteiger partial charge is 0.492 e. The maximum Gasteiger partial charge on any atom is 0.420 e. The van der Waals surface area contributed by atoms with Crippen molar-refractivity contribution in [1.82, 2.24) is 9.03 Å². The van der Waals surface area contributed by atoms with Gasteiger partial charge in [0, 0.05) is 30.3 Å². The van der Waals surface area contributed by atoms with Crippen molar-refractivity contribution in [2.75, 3.05) is 33.4 Å². The first kappa shape index (κ1) is 24.2. The van der Waals surface area contributed by atoms with E-state index in [1.54, 1.807) is 31.2 Å². The Morgan fingerprint density at radius 1 is 1.03 bits per heavy atom. The summed E-state index contributed by atoms with van der Waals surface area (Å²) < 4.78 is 50.9. The fourth-order valence-electron chi connectivity index (χ4n) is 2.18. The van der Waals surface area contributed by atoms with Crippen molar-refractivity contribution in [1.29, 1.82) is 0 Å². The number of rotatable bonds is 11. The second-order valence-electron chi connectivity index (χ2n) is 5.82. The molecular formula is C20H22F2N2O6S. The molecule has 11 heteroatoms. The fourth-order valence-corrected chi connectivity index (χ4v) is 2.82. The topological polar surface area (TPSA) is 86.3 Å². The van der Waals surface area contributed by atoms with E-state index >= 15 is 0 Å². The Morgan fingerprint density at radius 2 is 1.68 bits per heavy atom. The lowest BCUT2D eigenvalue weighted by Crippen LogP contribution is -2.33. The number of nitrogens with one attached hydrogen (secondary N) is 1. The van der Waals surface area contributed by atoms with E-state index in [2.05, 4.69) is 9.46 Å². The number of hydrogen-bond donors (Lipinski definition) is 1. The van der Waals surface area contributed by atoms with E-state index in [1.807, 2.05) is 0 Å². The monoisotopic (exact) mass is 456 g/mol.